The molecule has 1 heterocycles. The number of carbonyl (C=O) groups excluding carboxylic acids is 1. The molecule has 1 N–H and O–H groups in total. The summed E-state index contributed by atoms with van der Waals surface area (Å²) in [5.41, 5.74) is 1.68. The third-order valence-electron chi connectivity index (χ3n) is 3.59. The number of para-hydroxylation sites is 1. The molecule has 0 aliphatic rings. The molecule has 3 aromatic rings. The van der Waals surface area contributed by atoms with E-state index >= 15 is 0 Å². The van der Waals surface area contributed by atoms with Gasteiger partial charge in [-0.2, -0.15) is 4.98 Å². The molecule has 0 atom stereocenters. The first kappa shape index (κ1) is 18.1. The molecule has 0 aliphatic heterocycles. The zero-order chi connectivity index (χ0) is 18.9. The number of nitrogens with zero attached hydrogens (tertiary/aromatic N) is 2. The highest BCUT2D eigenvalue weighted by Crippen LogP contribution is 2.27. The van der Waals surface area contributed by atoms with Crippen LogP contribution >= 0.6 is 0 Å². The molecule has 2 aromatic carbocycles. The van der Waals surface area contributed by atoms with Crippen LogP contribution in [0.3, 0.4) is 0 Å². The smallest absolute Gasteiger partial charge is 0.258 e. The van der Waals surface area contributed by atoms with Gasteiger partial charge in [0.2, 0.25) is 5.82 Å². The molecular formula is C21H19N3O3. The molecule has 136 valence electrons. The third-order valence-corrected chi connectivity index (χ3v) is 3.59. The molecule has 0 saturated heterocycles. The Hall–Kier alpha value is -3.67. The van der Waals surface area contributed by atoms with Gasteiger partial charge in [0.15, 0.2) is 6.61 Å². The average Bonchev–Trinajstić information content (AvgIpc) is 3.19. The largest absolute Gasteiger partial charge is 0.483 e. The van der Waals surface area contributed by atoms with Gasteiger partial charge in [0.1, 0.15) is 5.75 Å². The van der Waals surface area contributed by atoms with Crippen molar-refractivity contribution in [3.63, 3.8) is 0 Å². The molecule has 0 fully saturated rings. The second-order valence-electron chi connectivity index (χ2n) is 5.58. The molecule has 0 saturated carbocycles. The summed E-state index contributed by atoms with van der Waals surface area (Å²) in [5.74, 6) is 1.05. The van der Waals surface area contributed by atoms with Gasteiger partial charge in [0.25, 0.3) is 11.8 Å². The number of hydrogen-bond donors (Lipinski definition) is 1. The maximum absolute atomic E-state index is 11.7. The zero-order valence-corrected chi connectivity index (χ0v) is 14.7. The van der Waals surface area contributed by atoms with Gasteiger partial charge in [-0.3, -0.25) is 4.79 Å². The topological polar surface area (TPSA) is 77.2 Å². The van der Waals surface area contributed by atoms with E-state index in [1.54, 1.807) is 18.2 Å². The summed E-state index contributed by atoms with van der Waals surface area (Å²) in [6, 6.07) is 17.1. The summed E-state index contributed by atoms with van der Waals surface area (Å²) in [6.45, 7) is 3.84. The summed E-state index contributed by atoms with van der Waals surface area (Å²) in [6.07, 6.45) is 5.25. The van der Waals surface area contributed by atoms with Crippen LogP contribution in [0.5, 0.6) is 5.75 Å². The molecule has 1 amide bonds. The van der Waals surface area contributed by atoms with Crippen LogP contribution < -0.4 is 10.1 Å². The molecule has 0 bridgehead atoms. The number of carbonyl (C=O) groups is 1. The van der Waals surface area contributed by atoms with E-state index in [9.17, 15) is 4.79 Å². The van der Waals surface area contributed by atoms with Crippen molar-refractivity contribution >= 4 is 18.1 Å². The normalized spacial score (nSPS) is 10.7. The number of aromatic nitrogens is 2. The van der Waals surface area contributed by atoms with Crippen molar-refractivity contribution in [1.29, 1.82) is 0 Å². The zero-order valence-electron chi connectivity index (χ0n) is 14.7. The van der Waals surface area contributed by atoms with Crippen LogP contribution in [0.25, 0.3) is 23.5 Å². The highest BCUT2D eigenvalue weighted by molar-refractivity contribution is 5.78. The predicted octanol–water partition coefficient (Wildman–Crippen LogP) is 3.59. The van der Waals surface area contributed by atoms with Crippen molar-refractivity contribution in [3.05, 3.63) is 78.7 Å². The Morgan fingerprint density at radius 1 is 1.11 bits per heavy atom. The van der Waals surface area contributed by atoms with E-state index in [1.807, 2.05) is 54.6 Å². The number of amides is 1. The average molecular weight is 361 g/mol. The van der Waals surface area contributed by atoms with Crippen LogP contribution in [-0.2, 0) is 4.79 Å². The van der Waals surface area contributed by atoms with Gasteiger partial charge in [0, 0.05) is 12.6 Å². The number of nitrogens with one attached hydrogen (secondary N) is 1. The van der Waals surface area contributed by atoms with Gasteiger partial charge >= 0.3 is 0 Å². The van der Waals surface area contributed by atoms with Crippen LogP contribution in [0.2, 0.25) is 0 Å². The Balaban J connectivity index is 1.71. The van der Waals surface area contributed by atoms with Crippen molar-refractivity contribution in [2.24, 2.45) is 0 Å². The van der Waals surface area contributed by atoms with Crippen LogP contribution in [0.15, 0.2) is 71.8 Å². The van der Waals surface area contributed by atoms with E-state index in [-0.39, 0.29) is 12.5 Å². The fourth-order valence-corrected chi connectivity index (χ4v) is 2.30. The predicted molar refractivity (Wildman–Crippen MR) is 104 cm³/mol. The Morgan fingerprint density at radius 3 is 2.70 bits per heavy atom. The standard InChI is InChI=1S/C21H19N3O3/c1-2-14-22-19(25)15-26-18-11-7-6-10-17(18)21-23-20(27-24-21)13-12-16-8-4-3-5-9-16/h2-13H,1,14-15H2,(H,22,25). The summed E-state index contributed by atoms with van der Waals surface area (Å²) < 4.78 is 10.9. The van der Waals surface area contributed by atoms with Gasteiger partial charge in [0.05, 0.1) is 5.56 Å². The van der Waals surface area contributed by atoms with Gasteiger partial charge < -0.3 is 14.6 Å². The number of hydrogen-bond acceptors (Lipinski definition) is 5. The highest BCUT2D eigenvalue weighted by atomic mass is 16.5. The third kappa shape index (κ3) is 5.15. The second kappa shape index (κ2) is 9.15. The quantitative estimate of drug-likeness (QED) is 0.621. The summed E-state index contributed by atoms with van der Waals surface area (Å²) in [4.78, 5) is 16.1. The van der Waals surface area contributed by atoms with Crippen molar-refractivity contribution in [2.45, 2.75) is 0 Å². The van der Waals surface area contributed by atoms with Crippen LogP contribution in [0, 0.1) is 0 Å². The van der Waals surface area contributed by atoms with Crippen molar-refractivity contribution < 1.29 is 14.1 Å². The van der Waals surface area contributed by atoms with E-state index in [0.717, 1.165) is 5.56 Å². The van der Waals surface area contributed by atoms with Crippen molar-refractivity contribution in [2.75, 3.05) is 13.2 Å². The van der Waals surface area contributed by atoms with Gasteiger partial charge in [-0.1, -0.05) is 53.7 Å². The molecule has 1 aromatic heterocycles. The van der Waals surface area contributed by atoms with Crippen molar-refractivity contribution in [3.8, 4) is 17.1 Å². The molecule has 0 unspecified atom stereocenters. The molecule has 0 spiro atoms. The lowest BCUT2D eigenvalue weighted by molar-refractivity contribution is -0.122. The lowest BCUT2D eigenvalue weighted by atomic mass is 10.2. The monoisotopic (exact) mass is 361 g/mol. The number of ether oxygens (including phenoxy) is 1. The fourth-order valence-electron chi connectivity index (χ4n) is 2.30. The molecule has 0 radical (unpaired) electrons. The Bertz CT molecular complexity index is 933. The number of rotatable bonds is 8. The summed E-state index contributed by atoms with van der Waals surface area (Å²) >= 11 is 0. The molecule has 3 rings (SSSR count). The maximum atomic E-state index is 11.7. The Kier molecular flexibility index (Phi) is 6.14. The lowest BCUT2D eigenvalue weighted by Crippen LogP contribution is -2.28. The van der Waals surface area contributed by atoms with Gasteiger partial charge in [-0.15, -0.1) is 6.58 Å². The molecule has 6 nitrogen and oxygen atoms in total. The first-order chi connectivity index (χ1) is 13.3. The van der Waals surface area contributed by atoms with Crippen LogP contribution in [0.4, 0.5) is 0 Å². The lowest BCUT2D eigenvalue weighted by Gasteiger charge is -2.08. The first-order valence-electron chi connectivity index (χ1n) is 8.43. The maximum Gasteiger partial charge on any atom is 0.258 e. The van der Waals surface area contributed by atoms with E-state index in [0.29, 0.717) is 29.6 Å². The molecule has 6 heteroatoms. The van der Waals surface area contributed by atoms with Crippen LogP contribution in [-0.4, -0.2) is 29.2 Å². The molecular weight excluding hydrogens is 342 g/mol. The summed E-state index contributed by atoms with van der Waals surface area (Å²) in [7, 11) is 0. The Morgan fingerprint density at radius 2 is 1.89 bits per heavy atom. The number of benzene rings is 2. The van der Waals surface area contributed by atoms with Gasteiger partial charge in [-0.05, 0) is 23.8 Å². The molecule has 27 heavy (non-hydrogen) atoms. The fraction of sp³-hybridized carbons (Fsp3) is 0.0952. The van der Waals surface area contributed by atoms with E-state index in [1.165, 1.54) is 0 Å². The molecule has 0 aliphatic carbocycles. The van der Waals surface area contributed by atoms with Gasteiger partial charge in [-0.25, -0.2) is 0 Å². The van der Waals surface area contributed by atoms with E-state index in [4.69, 9.17) is 9.26 Å². The second-order valence-corrected chi connectivity index (χ2v) is 5.58. The van der Waals surface area contributed by atoms with Crippen LogP contribution in [0.1, 0.15) is 11.5 Å². The SMILES string of the molecule is C=CCNC(=O)COc1ccccc1-c1noc(C=Cc2ccccc2)n1. The first-order valence-corrected chi connectivity index (χ1v) is 8.43. The van der Waals surface area contributed by atoms with E-state index in [2.05, 4.69) is 22.0 Å². The minimum Gasteiger partial charge on any atom is -0.483 e. The Labute approximate surface area is 157 Å². The minimum absolute atomic E-state index is 0.108. The summed E-state index contributed by atoms with van der Waals surface area (Å²) in [5, 5.41) is 6.66. The minimum atomic E-state index is -0.232. The highest BCUT2D eigenvalue weighted by Gasteiger charge is 2.13. The van der Waals surface area contributed by atoms with E-state index < -0.39 is 0 Å². The van der Waals surface area contributed by atoms with Crippen molar-refractivity contribution in [1.82, 2.24) is 15.5 Å².